The van der Waals surface area contributed by atoms with E-state index >= 15 is 0 Å². The fraction of sp³-hybridized carbons (Fsp3) is 0.357. The van der Waals surface area contributed by atoms with Gasteiger partial charge in [-0.05, 0) is 25.5 Å². The van der Waals surface area contributed by atoms with Gasteiger partial charge in [0.25, 0.3) is 5.91 Å². The first-order valence-electron chi connectivity index (χ1n) is 6.59. The fourth-order valence-electron chi connectivity index (χ4n) is 1.86. The Balaban J connectivity index is 2.10. The second kappa shape index (κ2) is 6.18. The number of hydrogen-bond acceptors (Lipinski definition) is 4. The van der Waals surface area contributed by atoms with Crippen LogP contribution in [0.4, 0.5) is 5.82 Å². The van der Waals surface area contributed by atoms with Crippen molar-refractivity contribution in [2.75, 3.05) is 12.4 Å². The molecule has 6 nitrogen and oxygen atoms in total. The van der Waals surface area contributed by atoms with Crippen molar-refractivity contribution in [2.24, 2.45) is 0 Å². The molecule has 0 spiro atoms. The van der Waals surface area contributed by atoms with Crippen molar-refractivity contribution < 1.29 is 4.79 Å². The second-order valence-electron chi connectivity index (χ2n) is 4.54. The standard InChI is InChI=1S/C14H19N5O/c1-4-12-5-10(6-13(15-3)18-12)14(20)16-7-11-8-17-19-9(11)2/h5-6,8H,4,7H2,1-3H3,(H,15,18)(H,16,20)(H,17,19). The summed E-state index contributed by atoms with van der Waals surface area (Å²) in [4.78, 5) is 16.6. The Labute approximate surface area is 118 Å². The minimum atomic E-state index is -0.112. The number of carbonyl (C=O) groups is 1. The molecule has 0 saturated carbocycles. The van der Waals surface area contributed by atoms with Gasteiger partial charge in [0, 0.05) is 36.1 Å². The summed E-state index contributed by atoms with van der Waals surface area (Å²) in [7, 11) is 1.79. The predicted octanol–water partition coefficient (Wildman–Crippen LogP) is 1.65. The van der Waals surface area contributed by atoms with Gasteiger partial charge in [0.2, 0.25) is 0 Å². The van der Waals surface area contributed by atoms with E-state index in [1.165, 1.54) is 0 Å². The van der Waals surface area contributed by atoms with E-state index in [2.05, 4.69) is 25.8 Å². The number of amides is 1. The lowest BCUT2D eigenvalue weighted by molar-refractivity contribution is 0.0950. The lowest BCUT2D eigenvalue weighted by Gasteiger charge is -2.08. The smallest absolute Gasteiger partial charge is 0.251 e. The van der Waals surface area contributed by atoms with E-state index in [1.54, 1.807) is 19.3 Å². The number of nitrogens with one attached hydrogen (secondary N) is 3. The van der Waals surface area contributed by atoms with Gasteiger partial charge in [-0.15, -0.1) is 0 Å². The van der Waals surface area contributed by atoms with Crippen molar-refractivity contribution in [3.05, 3.63) is 40.8 Å². The molecule has 3 N–H and O–H groups in total. The normalized spacial score (nSPS) is 10.3. The molecule has 2 rings (SSSR count). The largest absolute Gasteiger partial charge is 0.373 e. The van der Waals surface area contributed by atoms with Gasteiger partial charge < -0.3 is 10.6 Å². The van der Waals surface area contributed by atoms with Crippen LogP contribution >= 0.6 is 0 Å². The van der Waals surface area contributed by atoms with E-state index in [1.807, 2.05) is 19.9 Å². The highest BCUT2D eigenvalue weighted by Gasteiger charge is 2.10. The second-order valence-corrected chi connectivity index (χ2v) is 4.54. The summed E-state index contributed by atoms with van der Waals surface area (Å²) >= 11 is 0. The van der Waals surface area contributed by atoms with Crippen LogP contribution in [0.5, 0.6) is 0 Å². The molecular formula is C14H19N5O. The maximum Gasteiger partial charge on any atom is 0.251 e. The van der Waals surface area contributed by atoms with Crippen LogP contribution < -0.4 is 10.6 Å². The molecule has 0 aliphatic heterocycles. The minimum Gasteiger partial charge on any atom is -0.373 e. The average Bonchev–Trinajstić information content (AvgIpc) is 2.89. The van der Waals surface area contributed by atoms with E-state index in [9.17, 15) is 4.79 Å². The number of pyridine rings is 1. The molecule has 0 radical (unpaired) electrons. The highest BCUT2D eigenvalue weighted by atomic mass is 16.1. The number of rotatable bonds is 5. The summed E-state index contributed by atoms with van der Waals surface area (Å²) in [5.41, 5.74) is 3.45. The summed E-state index contributed by atoms with van der Waals surface area (Å²) in [6.45, 7) is 4.40. The molecule has 0 aliphatic rings. The van der Waals surface area contributed by atoms with Crippen LogP contribution in [0.2, 0.25) is 0 Å². The van der Waals surface area contributed by atoms with E-state index in [0.29, 0.717) is 17.9 Å². The van der Waals surface area contributed by atoms with Crippen molar-refractivity contribution in [1.82, 2.24) is 20.5 Å². The number of hydrogen-bond donors (Lipinski definition) is 3. The zero-order valence-electron chi connectivity index (χ0n) is 11.9. The molecule has 0 atom stereocenters. The number of anilines is 1. The van der Waals surface area contributed by atoms with E-state index in [4.69, 9.17) is 0 Å². The van der Waals surface area contributed by atoms with Crippen LogP contribution in [0, 0.1) is 6.92 Å². The molecule has 2 heterocycles. The summed E-state index contributed by atoms with van der Waals surface area (Å²) in [5.74, 6) is 0.591. The Kier molecular flexibility index (Phi) is 4.34. The zero-order chi connectivity index (χ0) is 14.5. The number of aromatic amines is 1. The van der Waals surface area contributed by atoms with Crippen LogP contribution in [0.1, 0.15) is 34.2 Å². The SMILES string of the molecule is CCc1cc(C(=O)NCc2cn[nH]c2C)cc(NC)n1. The summed E-state index contributed by atoms with van der Waals surface area (Å²) in [5, 5.41) is 12.6. The molecule has 0 bridgehead atoms. The van der Waals surface area contributed by atoms with Crippen LogP contribution in [0.15, 0.2) is 18.3 Å². The molecule has 2 aromatic rings. The minimum absolute atomic E-state index is 0.112. The Morgan fingerprint density at radius 2 is 2.20 bits per heavy atom. The Morgan fingerprint density at radius 1 is 1.40 bits per heavy atom. The third-order valence-electron chi connectivity index (χ3n) is 3.13. The molecular weight excluding hydrogens is 254 g/mol. The topological polar surface area (TPSA) is 82.7 Å². The van der Waals surface area contributed by atoms with Crippen LogP contribution in [0.25, 0.3) is 0 Å². The van der Waals surface area contributed by atoms with E-state index in [-0.39, 0.29) is 5.91 Å². The summed E-state index contributed by atoms with van der Waals surface area (Å²) in [6.07, 6.45) is 2.51. The lowest BCUT2D eigenvalue weighted by atomic mass is 10.1. The fourth-order valence-corrected chi connectivity index (χ4v) is 1.86. The third kappa shape index (κ3) is 3.14. The van der Waals surface area contributed by atoms with Gasteiger partial charge in [-0.3, -0.25) is 9.89 Å². The highest BCUT2D eigenvalue weighted by molar-refractivity contribution is 5.95. The van der Waals surface area contributed by atoms with Crippen LogP contribution in [0.3, 0.4) is 0 Å². The molecule has 0 aromatic carbocycles. The zero-order valence-corrected chi connectivity index (χ0v) is 11.9. The Bertz CT molecular complexity index is 583. The molecule has 0 aliphatic carbocycles. The van der Waals surface area contributed by atoms with Crippen LogP contribution in [-0.2, 0) is 13.0 Å². The maximum absolute atomic E-state index is 12.2. The average molecular weight is 273 g/mol. The molecule has 20 heavy (non-hydrogen) atoms. The molecule has 2 aromatic heterocycles. The molecule has 6 heteroatoms. The Hall–Kier alpha value is -2.37. The summed E-state index contributed by atoms with van der Waals surface area (Å²) < 4.78 is 0. The van der Waals surface area contributed by atoms with Gasteiger partial charge in [0.15, 0.2) is 0 Å². The maximum atomic E-state index is 12.2. The van der Waals surface area contributed by atoms with Crippen molar-refractivity contribution >= 4 is 11.7 Å². The molecule has 0 saturated heterocycles. The first kappa shape index (κ1) is 14.0. The molecule has 106 valence electrons. The van der Waals surface area contributed by atoms with Crippen molar-refractivity contribution in [1.29, 1.82) is 0 Å². The predicted molar refractivity (Wildman–Crippen MR) is 77.7 cm³/mol. The first-order valence-corrected chi connectivity index (χ1v) is 6.59. The van der Waals surface area contributed by atoms with Gasteiger partial charge >= 0.3 is 0 Å². The lowest BCUT2D eigenvalue weighted by Crippen LogP contribution is -2.23. The van der Waals surface area contributed by atoms with Gasteiger partial charge in [0.05, 0.1) is 6.20 Å². The van der Waals surface area contributed by atoms with Crippen molar-refractivity contribution in [2.45, 2.75) is 26.8 Å². The quantitative estimate of drug-likeness (QED) is 0.773. The number of aryl methyl sites for hydroxylation is 2. The number of nitrogens with zero attached hydrogens (tertiary/aromatic N) is 2. The Morgan fingerprint density at radius 3 is 2.80 bits per heavy atom. The molecule has 0 fully saturated rings. The van der Waals surface area contributed by atoms with Crippen molar-refractivity contribution in [3.63, 3.8) is 0 Å². The van der Waals surface area contributed by atoms with E-state index < -0.39 is 0 Å². The van der Waals surface area contributed by atoms with Gasteiger partial charge in [-0.2, -0.15) is 5.10 Å². The van der Waals surface area contributed by atoms with E-state index in [0.717, 1.165) is 23.4 Å². The van der Waals surface area contributed by atoms with Gasteiger partial charge in [-0.1, -0.05) is 6.92 Å². The molecule has 0 unspecified atom stereocenters. The summed E-state index contributed by atoms with van der Waals surface area (Å²) in [6, 6.07) is 3.56. The third-order valence-corrected chi connectivity index (χ3v) is 3.13. The van der Waals surface area contributed by atoms with Gasteiger partial charge in [-0.25, -0.2) is 4.98 Å². The first-order chi connectivity index (χ1) is 9.63. The molecule has 1 amide bonds. The number of carbonyl (C=O) groups excluding carboxylic acids is 1. The number of H-pyrrole nitrogens is 1. The van der Waals surface area contributed by atoms with Crippen molar-refractivity contribution in [3.8, 4) is 0 Å². The van der Waals surface area contributed by atoms with Gasteiger partial charge in [0.1, 0.15) is 5.82 Å². The highest BCUT2D eigenvalue weighted by Crippen LogP contribution is 2.11. The number of aromatic nitrogens is 3. The monoisotopic (exact) mass is 273 g/mol. The van der Waals surface area contributed by atoms with Crippen LogP contribution in [-0.4, -0.2) is 28.1 Å².